The van der Waals surface area contributed by atoms with Crippen LogP contribution >= 0.6 is 0 Å². The van der Waals surface area contributed by atoms with Crippen LogP contribution in [0, 0.1) is 0 Å². The minimum atomic E-state index is -5.64. The van der Waals surface area contributed by atoms with E-state index in [1.807, 2.05) is 0 Å². The monoisotopic (exact) mass is 360 g/mol. The molecular weight excluding hydrogens is 350 g/mol. The van der Waals surface area contributed by atoms with Gasteiger partial charge in [0.1, 0.15) is 11.5 Å². The van der Waals surface area contributed by atoms with Crippen molar-refractivity contribution in [2.24, 2.45) is 0 Å². The molecule has 2 nitrogen and oxygen atoms in total. The maximum absolute atomic E-state index is 14.3. The number of halogens is 6. The molecule has 3 rings (SSSR count). The summed E-state index contributed by atoms with van der Waals surface area (Å²) in [4.78, 5) is 0. The summed E-state index contributed by atoms with van der Waals surface area (Å²) in [6.45, 7) is 0. The van der Waals surface area contributed by atoms with Gasteiger partial charge in [0.2, 0.25) is 0 Å². The summed E-state index contributed by atoms with van der Waals surface area (Å²) in [7, 11) is 0. The van der Waals surface area contributed by atoms with Crippen LogP contribution in [0.25, 0.3) is 11.1 Å². The smallest absolute Gasteiger partial charge is 0.380 e. The van der Waals surface area contributed by atoms with Crippen molar-refractivity contribution in [2.75, 3.05) is 0 Å². The summed E-state index contributed by atoms with van der Waals surface area (Å²) < 4.78 is 84.9. The van der Waals surface area contributed by atoms with Crippen molar-refractivity contribution in [3.05, 3.63) is 59.7 Å². The molecule has 1 aliphatic rings. The van der Waals surface area contributed by atoms with Gasteiger partial charge in [-0.3, -0.25) is 0 Å². The molecule has 0 atom stereocenters. The highest BCUT2D eigenvalue weighted by Gasteiger charge is 2.80. The normalized spacial score (nSPS) is 20.7. The van der Waals surface area contributed by atoms with Gasteiger partial charge in [-0.25, -0.2) is 0 Å². The first-order valence-corrected chi connectivity index (χ1v) is 6.97. The van der Waals surface area contributed by atoms with Crippen molar-refractivity contribution in [2.45, 2.75) is 17.8 Å². The molecule has 8 heteroatoms. The Morgan fingerprint density at radius 3 is 1.08 bits per heavy atom. The van der Waals surface area contributed by atoms with Gasteiger partial charge in [0.05, 0.1) is 0 Å². The lowest BCUT2D eigenvalue weighted by Crippen LogP contribution is -2.48. The molecule has 0 fully saturated rings. The molecule has 0 bridgehead atoms. The second-order valence-corrected chi connectivity index (χ2v) is 5.57. The minimum absolute atomic E-state index is 0.338. The Kier molecular flexibility index (Phi) is 3.56. The molecule has 0 spiro atoms. The summed E-state index contributed by atoms with van der Waals surface area (Å²) in [5, 5.41) is 18.4. The van der Waals surface area contributed by atoms with E-state index in [1.54, 1.807) is 0 Å². The van der Waals surface area contributed by atoms with Gasteiger partial charge in [-0.1, -0.05) is 24.3 Å². The van der Waals surface area contributed by atoms with Gasteiger partial charge in [-0.2, -0.15) is 26.3 Å². The summed E-state index contributed by atoms with van der Waals surface area (Å²) in [5.41, 5.74) is -4.17. The molecule has 0 saturated carbocycles. The van der Waals surface area contributed by atoms with Gasteiger partial charge in [-0.15, -0.1) is 0 Å². The predicted octanol–water partition coefficient (Wildman–Crippen LogP) is 4.93. The molecule has 0 saturated heterocycles. The van der Waals surface area contributed by atoms with Crippen LogP contribution in [0.15, 0.2) is 48.5 Å². The SMILES string of the molecule is Oc1ccc(C2=C(c3ccc(O)cc3)C(F)(F)C(F)(F)C2(F)F)cc1. The number of benzene rings is 2. The third-order valence-electron chi connectivity index (χ3n) is 3.98. The number of hydrogen-bond donors (Lipinski definition) is 2. The Balaban J connectivity index is 2.36. The molecule has 0 radical (unpaired) electrons. The fourth-order valence-corrected chi connectivity index (χ4v) is 2.73. The average Bonchev–Trinajstić information content (AvgIpc) is 2.64. The molecule has 0 heterocycles. The molecule has 0 amide bonds. The molecule has 0 unspecified atom stereocenters. The van der Waals surface area contributed by atoms with Crippen molar-refractivity contribution in [1.29, 1.82) is 0 Å². The van der Waals surface area contributed by atoms with E-state index in [0.29, 0.717) is 0 Å². The average molecular weight is 360 g/mol. The highest BCUT2D eigenvalue weighted by molar-refractivity contribution is 6.01. The molecule has 132 valence electrons. The number of alkyl halides is 6. The first-order chi connectivity index (χ1) is 11.5. The Morgan fingerprint density at radius 2 is 0.800 bits per heavy atom. The largest absolute Gasteiger partial charge is 0.508 e. The Hall–Kier alpha value is -2.64. The second-order valence-electron chi connectivity index (χ2n) is 5.57. The van der Waals surface area contributed by atoms with Gasteiger partial charge in [0, 0.05) is 11.1 Å². The zero-order valence-corrected chi connectivity index (χ0v) is 12.3. The van der Waals surface area contributed by atoms with E-state index in [0.717, 1.165) is 48.5 Å². The van der Waals surface area contributed by atoms with Crippen LogP contribution in [-0.4, -0.2) is 28.0 Å². The molecule has 25 heavy (non-hydrogen) atoms. The highest BCUT2D eigenvalue weighted by Crippen LogP contribution is 2.64. The predicted molar refractivity (Wildman–Crippen MR) is 77.9 cm³/mol. The summed E-state index contributed by atoms with van der Waals surface area (Å²) in [5.74, 6) is -16.6. The zero-order chi connectivity index (χ0) is 18.6. The third kappa shape index (κ3) is 2.27. The minimum Gasteiger partial charge on any atom is -0.508 e. The van der Waals surface area contributed by atoms with E-state index < -0.39 is 40.0 Å². The van der Waals surface area contributed by atoms with Gasteiger partial charge in [0.25, 0.3) is 0 Å². The zero-order valence-electron chi connectivity index (χ0n) is 12.3. The van der Waals surface area contributed by atoms with Gasteiger partial charge >= 0.3 is 17.8 Å². The van der Waals surface area contributed by atoms with E-state index >= 15 is 0 Å². The first kappa shape index (κ1) is 17.2. The van der Waals surface area contributed by atoms with Gasteiger partial charge < -0.3 is 10.2 Å². The van der Waals surface area contributed by atoms with Crippen molar-refractivity contribution in [3.8, 4) is 11.5 Å². The summed E-state index contributed by atoms with van der Waals surface area (Å²) in [6.07, 6.45) is 0. The molecule has 2 N–H and O–H groups in total. The molecule has 0 aliphatic heterocycles. The van der Waals surface area contributed by atoms with Crippen LogP contribution in [0.2, 0.25) is 0 Å². The van der Waals surface area contributed by atoms with Crippen molar-refractivity contribution in [1.82, 2.24) is 0 Å². The lowest BCUT2D eigenvalue weighted by Gasteiger charge is -2.25. The Labute approximate surface area is 137 Å². The van der Waals surface area contributed by atoms with Gasteiger partial charge in [-0.05, 0) is 35.4 Å². The van der Waals surface area contributed by atoms with E-state index in [2.05, 4.69) is 0 Å². The van der Waals surface area contributed by atoms with Crippen LogP contribution < -0.4 is 0 Å². The summed E-state index contributed by atoms with van der Waals surface area (Å²) >= 11 is 0. The van der Waals surface area contributed by atoms with Crippen LogP contribution in [0.1, 0.15) is 11.1 Å². The fourth-order valence-electron chi connectivity index (χ4n) is 2.73. The lowest BCUT2D eigenvalue weighted by molar-refractivity contribution is -0.254. The topological polar surface area (TPSA) is 40.5 Å². The maximum atomic E-state index is 14.3. The second kappa shape index (κ2) is 5.18. The maximum Gasteiger partial charge on any atom is 0.380 e. The number of phenolic OH excluding ortho intramolecular Hbond substituents is 2. The van der Waals surface area contributed by atoms with Crippen molar-refractivity contribution in [3.63, 3.8) is 0 Å². The number of rotatable bonds is 2. The molecule has 1 aliphatic carbocycles. The van der Waals surface area contributed by atoms with Crippen LogP contribution in [0.5, 0.6) is 11.5 Å². The van der Waals surface area contributed by atoms with Gasteiger partial charge in [0.15, 0.2) is 0 Å². The quantitative estimate of drug-likeness (QED) is 0.746. The number of phenols is 2. The van der Waals surface area contributed by atoms with E-state index in [-0.39, 0.29) is 11.5 Å². The van der Waals surface area contributed by atoms with Crippen molar-refractivity contribution < 1.29 is 36.6 Å². The van der Waals surface area contributed by atoms with E-state index in [9.17, 15) is 36.6 Å². The number of aromatic hydroxyl groups is 2. The lowest BCUT2D eigenvalue weighted by atomic mass is 9.95. The molecule has 2 aromatic rings. The Morgan fingerprint density at radius 1 is 0.520 bits per heavy atom. The number of hydrogen-bond acceptors (Lipinski definition) is 2. The Bertz CT molecular complexity index is 769. The van der Waals surface area contributed by atoms with Crippen LogP contribution in [-0.2, 0) is 0 Å². The first-order valence-electron chi connectivity index (χ1n) is 6.97. The molecular formula is C17H10F6O2. The third-order valence-corrected chi connectivity index (χ3v) is 3.98. The van der Waals surface area contributed by atoms with Crippen LogP contribution in [0.4, 0.5) is 26.3 Å². The standard InChI is InChI=1S/C17H10F6O2/c18-15(19)13(9-1-5-11(24)6-2-9)14(16(20,21)17(15,22)23)10-3-7-12(25)8-4-10/h1-8,24-25H. The highest BCUT2D eigenvalue weighted by atomic mass is 19.3. The molecule has 0 aromatic heterocycles. The summed E-state index contributed by atoms with van der Waals surface area (Å²) in [6, 6.07) is 7.16. The fraction of sp³-hybridized carbons (Fsp3) is 0.176. The number of allylic oxidation sites excluding steroid dienone is 2. The van der Waals surface area contributed by atoms with Crippen LogP contribution in [0.3, 0.4) is 0 Å². The molecule has 2 aromatic carbocycles. The van der Waals surface area contributed by atoms with Crippen molar-refractivity contribution >= 4 is 11.1 Å². The van der Waals surface area contributed by atoms with E-state index in [1.165, 1.54) is 0 Å². The van der Waals surface area contributed by atoms with E-state index in [4.69, 9.17) is 0 Å².